The van der Waals surface area contributed by atoms with E-state index >= 15 is 0 Å². The Morgan fingerprint density at radius 2 is 1.85 bits per heavy atom. The molecule has 0 saturated carbocycles. The van der Waals surface area contributed by atoms with Crippen LogP contribution in [0.25, 0.3) is 0 Å². The van der Waals surface area contributed by atoms with Gasteiger partial charge in [-0.2, -0.15) is 0 Å². The summed E-state index contributed by atoms with van der Waals surface area (Å²) in [5.41, 5.74) is 2.83. The number of aryl methyl sites for hydroxylation is 1. The van der Waals surface area contributed by atoms with E-state index in [1.807, 2.05) is 4.90 Å². The van der Waals surface area contributed by atoms with Crippen LogP contribution in [0.1, 0.15) is 34.5 Å². The lowest BCUT2D eigenvalue weighted by Gasteiger charge is -2.36. The summed E-state index contributed by atoms with van der Waals surface area (Å²) in [6.45, 7) is 4.16. The predicted molar refractivity (Wildman–Crippen MR) is 103 cm³/mol. The van der Waals surface area contributed by atoms with E-state index in [0.717, 1.165) is 18.5 Å². The lowest BCUT2D eigenvalue weighted by atomic mass is 10.00. The molecule has 3 rings (SSSR count). The normalized spacial score (nSPS) is 16.7. The molecule has 2 aromatic rings. The van der Waals surface area contributed by atoms with Crippen LogP contribution in [0.4, 0.5) is 5.69 Å². The molecule has 1 amide bonds. The van der Waals surface area contributed by atoms with Crippen molar-refractivity contribution in [2.45, 2.75) is 19.4 Å². The maximum absolute atomic E-state index is 12.9. The van der Waals surface area contributed by atoms with Gasteiger partial charge in [-0.3, -0.25) is 14.9 Å². The first-order valence-electron chi connectivity index (χ1n) is 8.45. The number of nitrogens with zero attached hydrogens (tertiary/aromatic N) is 2. The molecule has 1 aliphatic heterocycles. The zero-order valence-electron chi connectivity index (χ0n) is 14.6. The summed E-state index contributed by atoms with van der Waals surface area (Å²) in [5, 5.41) is 14.1. The van der Waals surface area contributed by atoms with Crippen LogP contribution in [-0.2, 0) is 6.42 Å². The third-order valence-electron chi connectivity index (χ3n) is 4.60. The molecule has 1 atom stereocenters. The molecule has 138 valence electrons. The van der Waals surface area contributed by atoms with Crippen molar-refractivity contribution >= 4 is 24.0 Å². The van der Waals surface area contributed by atoms with Crippen LogP contribution in [-0.4, -0.2) is 35.4 Å². The average Bonchev–Trinajstić information content (AvgIpc) is 2.67. The molecule has 1 aliphatic rings. The molecule has 1 unspecified atom stereocenters. The molecule has 1 N–H and O–H groups in total. The lowest BCUT2D eigenvalue weighted by Crippen LogP contribution is -2.48. The third kappa shape index (κ3) is 4.20. The van der Waals surface area contributed by atoms with E-state index in [2.05, 4.69) is 36.5 Å². The molecule has 26 heavy (non-hydrogen) atoms. The molecular weight excluding hydrogens is 354 g/mol. The van der Waals surface area contributed by atoms with Crippen LogP contribution < -0.4 is 5.32 Å². The number of halogens is 1. The fourth-order valence-electron chi connectivity index (χ4n) is 3.11. The number of amides is 1. The number of carbonyl (C=O) groups excluding carboxylic acids is 1. The largest absolute Gasteiger partial charge is 0.329 e. The van der Waals surface area contributed by atoms with E-state index in [4.69, 9.17) is 0 Å². The van der Waals surface area contributed by atoms with Crippen molar-refractivity contribution in [3.05, 3.63) is 75.3 Å². The second-order valence-electron chi connectivity index (χ2n) is 6.12. The van der Waals surface area contributed by atoms with Crippen LogP contribution >= 0.6 is 12.4 Å². The number of nitrogens with one attached hydrogen (secondary N) is 1. The predicted octanol–water partition coefficient (Wildman–Crippen LogP) is 3.37. The number of nitro groups is 1. The van der Waals surface area contributed by atoms with Crippen molar-refractivity contribution < 1.29 is 9.72 Å². The van der Waals surface area contributed by atoms with Crippen molar-refractivity contribution in [3.63, 3.8) is 0 Å². The molecule has 1 heterocycles. The van der Waals surface area contributed by atoms with Gasteiger partial charge in [-0.25, -0.2) is 0 Å². The first-order valence-corrected chi connectivity index (χ1v) is 8.45. The molecule has 0 bridgehead atoms. The third-order valence-corrected chi connectivity index (χ3v) is 4.60. The number of rotatable bonds is 4. The summed E-state index contributed by atoms with van der Waals surface area (Å²) in [6, 6.07) is 14.1. The van der Waals surface area contributed by atoms with Gasteiger partial charge >= 0.3 is 0 Å². The smallest absolute Gasteiger partial charge is 0.269 e. The molecule has 1 saturated heterocycles. The van der Waals surface area contributed by atoms with Crippen LogP contribution in [0.5, 0.6) is 0 Å². The molecule has 0 aromatic heterocycles. The number of hydrogen-bond acceptors (Lipinski definition) is 4. The number of benzene rings is 2. The van der Waals surface area contributed by atoms with E-state index in [1.54, 1.807) is 0 Å². The minimum Gasteiger partial charge on any atom is -0.329 e. The summed E-state index contributed by atoms with van der Waals surface area (Å²) in [4.78, 5) is 25.1. The van der Waals surface area contributed by atoms with Gasteiger partial charge in [0, 0.05) is 37.3 Å². The maximum atomic E-state index is 12.9. The second-order valence-corrected chi connectivity index (χ2v) is 6.12. The fraction of sp³-hybridized carbons (Fsp3) is 0.316. The summed E-state index contributed by atoms with van der Waals surface area (Å²) in [5.74, 6) is -0.0963. The van der Waals surface area contributed by atoms with E-state index < -0.39 is 4.92 Å². The minimum absolute atomic E-state index is 0. The summed E-state index contributed by atoms with van der Waals surface area (Å²) in [7, 11) is 0. The zero-order valence-corrected chi connectivity index (χ0v) is 15.4. The SMILES string of the molecule is CCc1ccc(C2CNCCN2C(=O)c2ccc([N+](=O)[O-])cc2)cc1.Cl. The average molecular weight is 376 g/mol. The van der Waals surface area contributed by atoms with Crippen LogP contribution in [0.2, 0.25) is 0 Å². The Bertz CT molecular complexity index is 763. The van der Waals surface area contributed by atoms with Gasteiger partial charge in [0.15, 0.2) is 0 Å². The van der Waals surface area contributed by atoms with Crippen molar-refractivity contribution in [1.29, 1.82) is 0 Å². The molecule has 0 spiro atoms. The Morgan fingerprint density at radius 1 is 1.19 bits per heavy atom. The quantitative estimate of drug-likeness (QED) is 0.656. The van der Waals surface area contributed by atoms with Gasteiger partial charge in [0.1, 0.15) is 0 Å². The fourth-order valence-corrected chi connectivity index (χ4v) is 3.11. The lowest BCUT2D eigenvalue weighted by molar-refractivity contribution is -0.384. The Hall–Kier alpha value is -2.44. The Balaban J connectivity index is 0.00000243. The number of hydrogen-bond donors (Lipinski definition) is 1. The highest BCUT2D eigenvalue weighted by molar-refractivity contribution is 5.94. The number of piperazine rings is 1. The van der Waals surface area contributed by atoms with Gasteiger partial charge in [-0.15, -0.1) is 12.4 Å². The molecule has 7 heteroatoms. The monoisotopic (exact) mass is 375 g/mol. The van der Waals surface area contributed by atoms with E-state index in [-0.39, 0.29) is 30.0 Å². The zero-order chi connectivity index (χ0) is 17.8. The molecular formula is C19H22ClN3O3. The topological polar surface area (TPSA) is 75.5 Å². The standard InChI is InChI=1S/C19H21N3O3.ClH/c1-2-14-3-5-15(6-4-14)18-13-20-11-12-21(18)19(23)16-7-9-17(10-8-16)22(24)25;/h3-10,18,20H,2,11-13H2,1H3;1H. The highest BCUT2D eigenvalue weighted by Gasteiger charge is 2.28. The molecule has 0 radical (unpaired) electrons. The van der Waals surface area contributed by atoms with Gasteiger partial charge in [0.2, 0.25) is 0 Å². The number of carbonyl (C=O) groups is 1. The summed E-state index contributed by atoms with van der Waals surface area (Å²) < 4.78 is 0. The van der Waals surface area contributed by atoms with E-state index in [0.29, 0.717) is 18.7 Å². The van der Waals surface area contributed by atoms with Crippen molar-refractivity contribution in [2.24, 2.45) is 0 Å². The van der Waals surface area contributed by atoms with E-state index in [1.165, 1.54) is 29.8 Å². The summed E-state index contributed by atoms with van der Waals surface area (Å²) in [6.07, 6.45) is 0.981. The van der Waals surface area contributed by atoms with Gasteiger partial charge in [-0.1, -0.05) is 31.2 Å². The first kappa shape index (κ1) is 19.9. The van der Waals surface area contributed by atoms with Gasteiger partial charge < -0.3 is 10.2 Å². The van der Waals surface area contributed by atoms with Gasteiger partial charge in [-0.05, 0) is 29.7 Å². The highest BCUT2D eigenvalue weighted by atomic mass is 35.5. The number of nitro benzene ring substituents is 1. The molecule has 0 aliphatic carbocycles. The van der Waals surface area contributed by atoms with Crippen LogP contribution in [0.15, 0.2) is 48.5 Å². The van der Waals surface area contributed by atoms with Crippen molar-refractivity contribution in [3.8, 4) is 0 Å². The summed E-state index contributed by atoms with van der Waals surface area (Å²) >= 11 is 0. The Kier molecular flexibility index (Phi) is 6.71. The molecule has 6 nitrogen and oxygen atoms in total. The van der Waals surface area contributed by atoms with Crippen LogP contribution in [0.3, 0.4) is 0 Å². The molecule has 1 fully saturated rings. The minimum atomic E-state index is -0.461. The van der Waals surface area contributed by atoms with Crippen molar-refractivity contribution in [2.75, 3.05) is 19.6 Å². The maximum Gasteiger partial charge on any atom is 0.269 e. The Labute approximate surface area is 158 Å². The first-order chi connectivity index (χ1) is 12.1. The van der Waals surface area contributed by atoms with Gasteiger partial charge in [0.25, 0.3) is 11.6 Å². The Morgan fingerprint density at radius 3 is 2.42 bits per heavy atom. The van der Waals surface area contributed by atoms with Gasteiger partial charge in [0.05, 0.1) is 11.0 Å². The van der Waals surface area contributed by atoms with Crippen LogP contribution in [0, 0.1) is 10.1 Å². The highest BCUT2D eigenvalue weighted by Crippen LogP contribution is 2.25. The second kappa shape index (κ2) is 8.78. The van der Waals surface area contributed by atoms with Crippen molar-refractivity contribution in [1.82, 2.24) is 10.2 Å². The molecule has 2 aromatic carbocycles. The number of non-ortho nitro benzene ring substituents is 1. The van der Waals surface area contributed by atoms with E-state index in [9.17, 15) is 14.9 Å².